The Hall–Kier alpha value is -1.29. The second kappa shape index (κ2) is 14.9. The van der Waals surface area contributed by atoms with Gasteiger partial charge in [-0.1, -0.05) is 0 Å². The average Bonchev–Trinajstić information content (AvgIpc) is 3.00. The zero-order valence-electron chi connectivity index (χ0n) is 23.5. The van der Waals surface area contributed by atoms with Crippen LogP contribution >= 0.6 is 0 Å². The highest BCUT2D eigenvalue weighted by atomic mass is 16.8. The van der Waals surface area contributed by atoms with E-state index >= 15 is 0 Å². The van der Waals surface area contributed by atoms with Crippen LogP contribution in [0.15, 0.2) is 0 Å². The van der Waals surface area contributed by atoms with E-state index in [1.165, 1.54) is 6.92 Å². The van der Waals surface area contributed by atoms with Gasteiger partial charge in [-0.2, -0.15) is 0 Å². The van der Waals surface area contributed by atoms with Crippen molar-refractivity contribution in [1.82, 2.24) is 0 Å². The van der Waals surface area contributed by atoms with Crippen LogP contribution in [-0.2, 0) is 38.0 Å². The van der Waals surface area contributed by atoms with E-state index in [-0.39, 0.29) is 0 Å². The predicted molar refractivity (Wildman–Crippen MR) is 133 cm³/mol. The Balaban J connectivity index is 1.33. The molecule has 4 saturated heterocycles. The minimum Gasteiger partial charge on any atom is -0.479 e. The van der Waals surface area contributed by atoms with Crippen molar-refractivity contribution >= 4 is 5.97 Å². The summed E-state index contributed by atoms with van der Waals surface area (Å²) in [5, 5.41) is 131. The molecule has 20 unspecified atom stereocenters. The number of aliphatic hydroxyl groups is 12. The largest absolute Gasteiger partial charge is 0.479 e. The summed E-state index contributed by atoms with van der Waals surface area (Å²) in [7, 11) is 0. The van der Waals surface area contributed by atoms with Gasteiger partial charge >= 0.3 is 5.97 Å². The summed E-state index contributed by atoms with van der Waals surface area (Å²) in [5.41, 5.74) is 0. The number of carbonyl (C=O) groups is 1. The molecule has 4 rings (SSSR count). The van der Waals surface area contributed by atoms with Crippen LogP contribution in [0.1, 0.15) is 6.92 Å². The number of carboxylic acid groups (broad SMARTS) is 1. The highest BCUT2D eigenvalue weighted by Gasteiger charge is 2.52. The van der Waals surface area contributed by atoms with Crippen molar-refractivity contribution in [3.63, 3.8) is 0 Å². The van der Waals surface area contributed by atoms with E-state index in [1.54, 1.807) is 0 Å². The summed E-state index contributed by atoms with van der Waals surface area (Å²) in [5.74, 6) is -1.67. The van der Waals surface area contributed by atoms with E-state index in [0.717, 1.165) is 0 Å². The molecule has 262 valence electrons. The molecule has 4 aliphatic heterocycles. The number of rotatable bonds is 9. The van der Waals surface area contributed by atoms with Gasteiger partial charge in [0.1, 0.15) is 85.5 Å². The molecule has 0 saturated carbocycles. The van der Waals surface area contributed by atoms with Crippen LogP contribution in [0.4, 0.5) is 0 Å². The van der Waals surface area contributed by atoms with Crippen LogP contribution in [0.5, 0.6) is 0 Å². The summed E-state index contributed by atoms with van der Waals surface area (Å²) in [4.78, 5) is 11.3. The third-order valence-corrected chi connectivity index (χ3v) is 8.09. The second-order valence-electron chi connectivity index (χ2n) is 11.2. The van der Waals surface area contributed by atoms with Gasteiger partial charge in [0.25, 0.3) is 0 Å². The predicted octanol–water partition coefficient (Wildman–Crippen LogP) is -8.63. The number of aliphatic carboxylic acids is 1. The van der Waals surface area contributed by atoms with E-state index < -0.39 is 142 Å². The Morgan fingerprint density at radius 1 is 0.533 bits per heavy atom. The average molecular weight is 665 g/mol. The first-order chi connectivity index (χ1) is 21.0. The number of aliphatic hydroxyl groups excluding tert-OH is 12. The minimum absolute atomic E-state index is 0.627. The molecule has 21 nitrogen and oxygen atoms in total. The van der Waals surface area contributed by atoms with Crippen LogP contribution in [0.3, 0.4) is 0 Å². The van der Waals surface area contributed by atoms with E-state index in [1.807, 2.05) is 0 Å². The molecule has 4 fully saturated rings. The van der Waals surface area contributed by atoms with Crippen LogP contribution in [0.25, 0.3) is 0 Å². The van der Waals surface area contributed by atoms with Gasteiger partial charge < -0.3 is 99.5 Å². The van der Waals surface area contributed by atoms with Crippen molar-refractivity contribution in [3.05, 3.63) is 0 Å². The molecule has 0 spiro atoms. The van der Waals surface area contributed by atoms with E-state index in [4.69, 9.17) is 33.2 Å². The van der Waals surface area contributed by atoms with E-state index in [0.29, 0.717) is 0 Å². The van der Waals surface area contributed by atoms with Gasteiger partial charge in [-0.05, 0) is 6.92 Å². The first-order valence-corrected chi connectivity index (χ1v) is 13.9. The second-order valence-corrected chi connectivity index (χ2v) is 11.2. The fourth-order valence-electron chi connectivity index (χ4n) is 5.29. The van der Waals surface area contributed by atoms with Crippen molar-refractivity contribution < 1.29 is 104 Å². The van der Waals surface area contributed by atoms with Gasteiger partial charge in [-0.25, -0.2) is 4.79 Å². The molecule has 45 heavy (non-hydrogen) atoms. The van der Waals surface area contributed by atoms with Crippen molar-refractivity contribution in [2.24, 2.45) is 0 Å². The normalized spacial score (nSPS) is 52.8. The van der Waals surface area contributed by atoms with Crippen molar-refractivity contribution in [3.8, 4) is 0 Å². The number of carboxylic acids is 1. The molecule has 20 atom stereocenters. The summed E-state index contributed by atoms with van der Waals surface area (Å²) < 4.78 is 37.2. The molecule has 0 aromatic rings. The van der Waals surface area contributed by atoms with Crippen LogP contribution < -0.4 is 0 Å². The van der Waals surface area contributed by atoms with Crippen molar-refractivity contribution in [2.75, 3.05) is 13.2 Å². The molecular weight excluding hydrogens is 624 g/mol. The van der Waals surface area contributed by atoms with Gasteiger partial charge in [0, 0.05) is 0 Å². The van der Waals surface area contributed by atoms with Gasteiger partial charge in [-0.15, -0.1) is 0 Å². The Morgan fingerprint density at radius 2 is 1.00 bits per heavy atom. The van der Waals surface area contributed by atoms with E-state index in [2.05, 4.69) is 0 Å². The molecule has 0 radical (unpaired) electrons. The van der Waals surface area contributed by atoms with Crippen LogP contribution in [-0.4, -0.2) is 208 Å². The maximum atomic E-state index is 11.3. The molecule has 4 aliphatic rings. The topological polar surface area (TPSA) is 345 Å². The summed E-state index contributed by atoms with van der Waals surface area (Å²) >= 11 is 0. The van der Waals surface area contributed by atoms with Crippen molar-refractivity contribution in [2.45, 2.75) is 130 Å². The lowest BCUT2D eigenvalue weighted by atomic mass is 9.97. The quantitative estimate of drug-likeness (QED) is 0.109. The highest BCUT2D eigenvalue weighted by Crippen LogP contribution is 2.31. The minimum atomic E-state index is -1.99. The first-order valence-electron chi connectivity index (χ1n) is 13.9. The molecule has 0 aliphatic carbocycles. The third kappa shape index (κ3) is 7.57. The van der Waals surface area contributed by atoms with Crippen molar-refractivity contribution in [1.29, 1.82) is 0 Å². The lowest BCUT2D eigenvalue weighted by molar-refractivity contribution is -0.359. The maximum Gasteiger partial charge on any atom is 0.335 e. The van der Waals surface area contributed by atoms with Gasteiger partial charge in [0.2, 0.25) is 0 Å². The molecule has 0 amide bonds. The van der Waals surface area contributed by atoms with E-state index in [9.17, 15) is 71.2 Å². The van der Waals surface area contributed by atoms with Gasteiger partial charge in [0.15, 0.2) is 31.3 Å². The standard InChI is InChI=1S/C24H40O21/c1-4-18(44-24-16(34)11(29)12(30)19(45-24)20(36)37)13(31)17(35)22(41-4)39-3-6-8(26)10(28)15(33)23(43-6)40-2-5-7(25)9(27)14(32)21(38)42-5/h4-19,21-35,38H,2-3H2,1H3,(H,36,37). The Kier molecular flexibility index (Phi) is 12.1. The molecule has 0 aromatic heterocycles. The fourth-order valence-corrected chi connectivity index (χ4v) is 5.29. The van der Waals surface area contributed by atoms with Crippen LogP contribution in [0, 0.1) is 0 Å². The lowest BCUT2D eigenvalue weighted by Gasteiger charge is -2.45. The highest BCUT2D eigenvalue weighted by molar-refractivity contribution is 5.73. The molecule has 0 bridgehead atoms. The first kappa shape index (κ1) is 36.5. The Bertz CT molecular complexity index is 975. The van der Waals surface area contributed by atoms with Crippen LogP contribution in [0.2, 0.25) is 0 Å². The smallest absolute Gasteiger partial charge is 0.335 e. The number of hydrogen-bond acceptors (Lipinski definition) is 20. The maximum absolute atomic E-state index is 11.3. The molecule has 13 N–H and O–H groups in total. The molecule has 4 heterocycles. The zero-order chi connectivity index (χ0) is 33.5. The Morgan fingerprint density at radius 3 is 1.58 bits per heavy atom. The molecule has 21 heteroatoms. The SMILES string of the molecule is CC1OC(OCC2OC(OCC3OC(O)C(O)C(O)C3O)C(O)C(O)C2O)C(O)C(O)C1OC1OC(C(=O)O)C(O)C(O)C1O. The Labute approximate surface area is 253 Å². The molecular formula is C24H40O21. The third-order valence-electron chi connectivity index (χ3n) is 8.09. The number of ether oxygens (including phenoxy) is 7. The molecule has 0 aromatic carbocycles. The monoisotopic (exact) mass is 664 g/mol. The van der Waals surface area contributed by atoms with Gasteiger partial charge in [-0.3, -0.25) is 0 Å². The zero-order valence-corrected chi connectivity index (χ0v) is 23.5. The summed E-state index contributed by atoms with van der Waals surface area (Å²) in [6.07, 6.45) is -34.9. The fraction of sp³-hybridized carbons (Fsp3) is 0.958. The summed E-state index contributed by atoms with van der Waals surface area (Å²) in [6.45, 7) is 0.0760. The summed E-state index contributed by atoms with van der Waals surface area (Å²) in [6, 6.07) is 0. The van der Waals surface area contributed by atoms with Gasteiger partial charge in [0.05, 0.1) is 19.3 Å². The number of hydrogen-bond donors (Lipinski definition) is 13. The lowest BCUT2D eigenvalue weighted by Crippen LogP contribution is -2.64.